The SMILES string of the molecule is CCN(C)C1CCN(C(=O)c2sc(C)nc2-c2ccccc2)C1. The number of carbonyl (C=O) groups excluding carboxylic acids is 1. The summed E-state index contributed by atoms with van der Waals surface area (Å²) in [7, 11) is 2.13. The zero-order valence-electron chi connectivity index (χ0n) is 14.0. The fourth-order valence-electron chi connectivity index (χ4n) is 3.05. The van der Waals surface area contributed by atoms with Crippen LogP contribution in [-0.4, -0.2) is 53.4 Å². The van der Waals surface area contributed by atoms with Gasteiger partial charge in [-0.05, 0) is 26.9 Å². The zero-order valence-corrected chi connectivity index (χ0v) is 14.8. The second-order valence-electron chi connectivity index (χ2n) is 6.04. The Labute approximate surface area is 141 Å². The molecule has 3 rings (SSSR count). The molecule has 1 fully saturated rings. The number of amides is 1. The van der Waals surface area contributed by atoms with Gasteiger partial charge in [-0.2, -0.15) is 0 Å². The molecule has 1 atom stereocenters. The van der Waals surface area contributed by atoms with Crippen molar-refractivity contribution in [3.63, 3.8) is 0 Å². The van der Waals surface area contributed by atoms with Gasteiger partial charge < -0.3 is 9.80 Å². The number of rotatable bonds is 4. The number of aryl methyl sites for hydroxylation is 1. The number of hydrogen-bond donors (Lipinski definition) is 0. The van der Waals surface area contributed by atoms with E-state index >= 15 is 0 Å². The highest BCUT2D eigenvalue weighted by atomic mass is 32.1. The quantitative estimate of drug-likeness (QED) is 0.864. The van der Waals surface area contributed by atoms with E-state index in [1.807, 2.05) is 42.2 Å². The summed E-state index contributed by atoms with van der Waals surface area (Å²) in [5.41, 5.74) is 1.84. The molecular formula is C18H23N3OS. The van der Waals surface area contributed by atoms with Gasteiger partial charge in [-0.3, -0.25) is 4.79 Å². The normalized spacial score (nSPS) is 17.9. The van der Waals surface area contributed by atoms with Crippen LogP contribution in [0.2, 0.25) is 0 Å². The summed E-state index contributed by atoms with van der Waals surface area (Å²) < 4.78 is 0. The van der Waals surface area contributed by atoms with Crippen LogP contribution < -0.4 is 0 Å². The third-order valence-electron chi connectivity index (χ3n) is 4.55. The van der Waals surface area contributed by atoms with Crippen LogP contribution in [0.1, 0.15) is 28.0 Å². The Bertz CT molecular complexity index is 683. The minimum atomic E-state index is 0.126. The van der Waals surface area contributed by atoms with Gasteiger partial charge in [0.15, 0.2) is 0 Å². The zero-order chi connectivity index (χ0) is 16.4. The van der Waals surface area contributed by atoms with Crippen molar-refractivity contribution in [3.8, 4) is 11.3 Å². The molecule has 2 heterocycles. The van der Waals surface area contributed by atoms with E-state index in [4.69, 9.17) is 0 Å². The number of carbonyl (C=O) groups is 1. The van der Waals surface area contributed by atoms with E-state index in [-0.39, 0.29) is 5.91 Å². The van der Waals surface area contributed by atoms with E-state index in [2.05, 4.69) is 23.9 Å². The minimum absolute atomic E-state index is 0.126. The van der Waals surface area contributed by atoms with Crippen molar-refractivity contribution < 1.29 is 4.79 Å². The van der Waals surface area contributed by atoms with E-state index in [1.54, 1.807) is 0 Å². The van der Waals surface area contributed by atoms with Crippen molar-refractivity contribution in [1.82, 2.24) is 14.8 Å². The number of nitrogens with zero attached hydrogens (tertiary/aromatic N) is 3. The molecule has 4 nitrogen and oxygen atoms in total. The molecule has 0 N–H and O–H groups in total. The van der Waals surface area contributed by atoms with Crippen LogP contribution in [0, 0.1) is 6.92 Å². The van der Waals surface area contributed by atoms with Crippen molar-refractivity contribution in [3.05, 3.63) is 40.2 Å². The average Bonchev–Trinajstić information content (AvgIpc) is 3.21. The first-order valence-electron chi connectivity index (χ1n) is 8.12. The topological polar surface area (TPSA) is 36.4 Å². The number of likely N-dealkylation sites (N-methyl/N-ethyl adjacent to an activating group) is 1. The van der Waals surface area contributed by atoms with E-state index in [0.29, 0.717) is 6.04 Å². The predicted molar refractivity (Wildman–Crippen MR) is 94.9 cm³/mol. The summed E-state index contributed by atoms with van der Waals surface area (Å²) >= 11 is 1.50. The first-order chi connectivity index (χ1) is 11.1. The van der Waals surface area contributed by atoms with Crippen LogP contribution >= 0.6 is 11.3 Å². The Kier molecular flexibility index (Phi) is 4.78. The number of likely N-dealkylation sites (tertiary alicyclic amines) is 1. The van der Waals surface area contributed by atoms with Gasteiger partial charge in [0.05, 0.1) is 10.7 Å². The molecule has 0 saturated carbocycles. The molecule has 1 aliphatic heterocycles. The molecule has 1 unspecified atom stereocenters. The van der Waals surface area contributed by atoms with Gasteiger partial charge >= 0.3 is 0 Å². The van der Waals surface area contributed by atoms with Crippen molar-refractivity contribution in [2.24, 2.45) is 0 Å². The molecule has 1 aromatic carbocycles. The van der Waals surface area contributed by atoms with Gasteiger partial charge in [0.1, 0.15) is 4.88 Å². The largest absolute Gasteiger partial charge is 0.336 e. The Balaban J connectivity index is 1.84. The maximum atomic E-state index is 13.0. The smallest absolute Gasteiger partial charge is 0.266 e. The molecule has 1 saturated heterocycles. The third kappa shape index (κ3) is 3.31. The first-order valence-corrected chi connectivity index (χ1v) is 8.94. The summed E-state index contributed by atoms with van der Waals surface area (Å²) in [4.78, 5) is 22.7. The number of aromatic nitrogens is 1. The molecule has 1 amide bonds. The lowest BCUT2D eigenvalue weighted by molar-refractivity contribution is 0.0786. The summed E-state index contributed by atoms with van der Waals surface area (Å²) in [6.07, 6.45) is 1.05. The van der Waals surface area contributed by atoms with Gasteiger partial charge in [-0.1, -0.05) is 37.3 Å². The summed E-state index contributed by atoms with van der Waals surface area (Å²) in [6.45, 7) is 6.78. The van der Waals surface area contributed by atoms with E-state index < -0.39 is 0 Å². The van der Waals surface area contributed by atoms with Crippen molar-refractivity contribution >= 4 is 17.2 Å². The van der Waals surface area contributed by atoms with E-state index in [1.165, 1.54) is 11.3 Å². The Morgan fingerprint density at radius 3 is 2.83 bits per heavy atom. The minimum Gasteiger partial charge on any atom is -0.336 e. The van der Waals surface area contributed by atoms with Crippen LogP contribution in [0.5, 0.6) is 0 Å². The Morgan fingerprint density at radius 2 is 2.13 bits per heavy atom. The Morgan fingerprint density at radius 1 is 1.39 bits per heavy atom. The maximum Gasteiger partial charge on any atom is 0.266 e. The fraction of sp³-hybridized carbons (Fsp3) is 0.444. The highest BCUT2D eigenvalue weighted by molar-refractivity contribution is 7.14. The lowest BCUT2D eigenvalue weighted by Crippen LogP contribution is -2.36. The molecule has 122 valence electrons. The number of thiazole rings is 1. The summed E-state index contributed by atoms with van der Waals surface area (Å²) in [5, 5.41) is 0.939. The van der Waals surface area contributed by atoms with Gasteiger partial charge in [-0.15, -0.1) is 11.3 Å². The maximum absolute atomic E-state index is 13.0. The standard InChI is InChI=1S/C18H23N3OS/c1-4-20(3)15-10-11-21(12-15)18(22)17-16(19-13(2)23-17)14-8-6-5-7-9-14/h5-9,15H,4,10-12H2,1-3H3. The predicted octanol–water partition coefficient (Wildman–Crippen LogP) is 3.28. The molecule has 1 aromatic heterocycles. The molecule has 23 heavy (non-hydrogen) atoms. The highest BCUT2D eigenvalue weighted by Gasteiger charge is 2.31. The summed E-state index contributed by atoms with van der Waals surface area (Å²) in [5.74, 6) is 0.126. The van der Waals surface area contributed by atoms with Gasteiger partial charge in [0.2, 0.25) is 0 Å². The second kappa shape index (κ2) is 6.81. The molecule has 2 aromatic rings. The number of hydrogen-bond acceptors (Lipinski definition) is 4. The van der Waals surface area contributed by atoms with Crippen LogP contribution in [0.3, 0.4) is 0 Å². The van der Waals surface area contributed by atoms with Crippen molar-refractivity contribution in [2.75, 3.05) is 26.7 Å². The second-order valence-corrected chi connectivity index (χ2v) is 7.25. The molecule has 0 bridgehead atoms. The van der Waals surface area contributed by atoms with Gasteiger partial charge in [0.25, 0.3) is 5.91 Å². The van der Waals surface area contributed by atoms with Crippen LogP contribution in [0.15, 0.2) is 30.3 Å². The van der Waals surface area contributed by atoms with Crippen LogP contribution in [0.4, 0.5) is 0 Å². The molecule has 0 radical (unpaired) electrons. The molecule has 0 spiro atoms. The molecule has 5 heteroatoms. The number of benzene rings is 1. The lowest BCUT2D eigenvalue weighted by Gasteiger charge is -2.23. The van der Waals surface area contributed by atoms with E-state index in [9.17, 15) is 4.79 Å². The monoisotopic (exact) mass is 329 g/mol. The van der Waals surface area contributed by atoms with Crippen molar-refractivity contribution in [2.45, 2.75) is 26.3 Å². The highest BCUT2D eigenvalue weighted by Crippen LogP contribution is 2.30. The third-order valence-corrected chi connectivity index (χ3v) is 5.51. The molecule has 1 aliphatic rings. The van der Waals surface area contributed by atoms with Crippen LogP contribution in [0.25, 0.3) is 11.3 Å². The summed E-state index contributed by atoms with van der Waals surface area (Å²) in [6, 6.07) is 10.5. The van der Waals surface area contributed by atoms with Crippen molar-refractivity contribution in [1.29, 1.82) is 0 Å². The molecular weight excluding hydrogens is 306 g/mol. The lowest BCUT2D eigenvalue weighted by atomic mass is 10.1. The fourth-order valence-corrected chi connectivity index (χ4v) is 3.96. The van der Waals surface area contributed by atoms with Gasteiger partial charge in [0, 0.05) is 24.7 Å². The Hall–Kier alpha value is -1.72. The van der Waals surface area contributed by atoms with Crippen LogP contribution in [-0.2, 0) is 0 Å². The van der Waals surface area contributed by atoms with Gasteiger partial charge in [-0.25, -0.2) is 4.98 Å². The average molecular weight is 329 g/mol. The molecule has 0 aliphatic carbocycles. The first kappa shape index (κ1) is 16.1. The van der Waals surface area contributed by atoms with E-state index in [0.717, 1.165) is 47.2 Å².